The van der Waals surface area contributed by atoms with Crippen LogP contribution >= 0.6 is 11.1 Å². The van der Waals surface area contributed by atoms with Gasteiger partial charge in [-0.2, -0.15) is 11.1 Å². The fraction of sp³-hybridized carbons (Fsp3) is 1.00. The Morgan fingerprint density at radius 1 is 1.00 bits per heavy atom. The number of hydrogen-bond acceptors (Lipinski definition) is 0. The highest BCUT2D eigenvalue weighted by Gasteiger charge is 2.29. The summed E-state index contributed by atoms with van der Waals surface area (Å²) < 4.78 is 0. The molecule has 0 heterocycles. The van der Waals surface area contributed by atoms with E-state index < -0.39 is 7.38 Å². The Morgan fingerprint density at radius 3 is 1.82 bits per heavy atom. The molecule has 0 aromatic carbocycles. The molecule has 0 aromatic rings. The molecule has 1 saturated carbocycles. The molecule has 66 valence electrons. The molecule has 0 spiro atoms. The highest BCUT2D eigenvalue weighted by Crippen LogP contribution is 2.37. The van der Waals surface area contributed by atoms with Crippen LogP contribution in [0.25, 0.3) is 0 Å². The van der Waals surface area contributed by atoms with E-state index in [4.69, 9.17) is 11.1 Å². The van der Waals surface area contributed by atoms with Crippen molar-refractivity contribution in [3.8, 4) is 0 Å². The largest absolute Gasteiger partial charge is 0.167 e. The van der Waals surface area contributed by atoms with E-state index in [-0.39, 0.29) is 0 Å². The van der Waals surface area contributed by atoms with E-state index in [1.54, 1.807) is 0 Å². The lowest BCUT2D eigenvalue weighted by Crippen LogP contribution is -2.24. The van der Waals surface area contributed by atoms with Gasteiger partial charge in [0.15, 0.2) is 7.38 Å². The van der Waals surface area contributed by atoms with Gasteiger partial charge in [0.05, 0.1) is 0 Å². The molecule has 0 saturated heterocycles. The van der Waals surface area contributed by atoms with Gasteiger partial charge in [0, 0.05) is 0 Å². The van der Waals surface area contributed by atoms with Crippen LogP contribution < -0.4 is 0 Å². The summed E-state index contributed by atoms with van der Waals surface area (Å²) in [6.07, 6.45) is 8.54. The van der Waals surface area contributed by atoms with Gasteiger partial charge in [0.1, 0.15) is 0 Å². The number of halogens is 1. The van der Waals surface area contributed by atoms with Crippen LogP contribution in [-0.4, -0.2) is 7.38 Å². The van der Waals surface area contributed by atoms with Crippen LogP contribution in [0.1, 0.15) is 38.5 Å². The smallest absolute Gasteiger partial charge is 0.153 e. The summed E-state index contributed by atoms with van der Waals surface area (Å²) in [6, 6.07) is 0. The molecule has 1 fully saturated rings. The van der Waals surface area contributed by atoms with Gasteiger partial charge in [-0.3, -0.25) is 0 Å². The first-order valence-electron chi connectivity index (χ1n) is 4.79. The topological polar surface area (TPSA) is 0 Å². The molecule has 0 amide bonds. The predicted molar refractivity (Wildman–Crippen MR) is 54.8 cm³/mol. The molecule has 0 aromatic heterocycles. The number of rotatable bonds is 1. The summed E-state index contributed by atoms with van der Waals surface area (Å²) in [5, 5.41) is 0. The molecule has 1 rings (SSSR count). The van der Waals surface area contributed by atoms with Crippen molar-refractivity contribution in [2.24, 2.45) is 0 Å². The van der Waals surface area contributed by atoms with E-state index in [1.807, 2.05) is 0 Å². The van der Waals surface area contributed by atoms with Crippen LogP contribution in [0.2, 0.25) is 18.6 Å². The summed E-state index contributed by atoms with van der Waals surface area (Å²) >= 11 is 6.42. The van der Waals surface area contributed by atoms with Crippen LogP contribution in [0.3, 0.4) is 0 Å². The average molecular weight is 191 g/mol. The molecule has 1 aliphatic rings. The normalized spacial score (nSPS) is 23.2. The van der Waals surface area contributed by atoms with Crippen LogP contribution in [0.4, 0.5) is 0 Å². The molecule has 0 radical (unpaired) electrons. The summed E-state index contributed by atoms with van der Waals surface area (Å²) in [7, 11) is -1.32. The molecule has 0 bridgehead atoms. The third kappa shape index (κ3) is 3.16. The summed E-state index contributed by atoms with van der Waals surface area (Å²) in [4.78, 5) is 0. The van der Waals surface area contributed by atoms with E-state index in [0.29, 0.717) is 0 Å². The molecule has 0 nitrogen and oxygen atoms in total. The first-order valence-corrected chi connectivity index (χ1v) is 8.88. The standard InChI is InChI=1S/C9H19ClSi/c1-11(2,10)9-7-5-3-4-6-8-9/h9H,3-8H2,1-2H3. The Morgan fingerprint density at radius 2 is 1.45 bits per heavy atom. The van der Waals surface area contributed by atoms with E-state index in [0.717, 1.165) is 5.54 Å². The number of hydrogen-bond donors (Lipinski definition) is 0. The van der Waals surface area contributed by atoms with Crippen molar-refractivity contribution in [1.82, 2.24) is 0 Å². The fourth-order valence-corrected chi connectivity index (χ4v) is 4.40. The zero-order valence-corrected chi connectivity index (χ0v) is 9.45. The molecule has 1 aliphatic carbocycles. The second-order valence-corrected chi connectivity index (χ2v) is 11.1. The Balaban J connectivity index is 2.43. The molecular formula is C9H19ClSi. The van der Waals surface area contributed by atoms with Gasteiger partial charge >= 0.3 is 0 Å². The first-order chi connectivity index (χ1) is 5.11. The third-order valence-corrected chi connectivity index (χ3v) is 6.27. The Labute approximate surface area is 76.0 Å². The summed E-state index contributed by atoms with van der Waals surface area (Å²) in [5.41, 5.74) is 0.895. The molecule has 0 N–H and O–H groups in total. The van der Waals surface area contributed by atoms with Gasteiger partial charge < -0.3 is 0 Å². The van der Waals surface area contributed by atoms with E-state index in [2.05, 4.69) is 13.1 Å². The van der Waals surface area contributed by atoms with Crippen LogP contribution in [0, 0.1) is 0 Å². The zero-order chi connectivity index (χ0) is 8.32. The van der Waals surface area contributed by atoms with Gasteiger partial charge in [-0.15, -0.1) is 0 Å². The van der Waals surface area contributed by atoms with E-state index in [9.17, 15) is 0 Å². The van der Waals surface area contributed by atoms with Crippen molar-refractivity contribution >= 4 is 18.5 Å². The average Bonchev–Trinajstić information content (AvgIpc) is 2.10. The minimum absolute atomic E-state index is 0.895. The maximum absolute atomic E-state index is 6.42. The second kappa shape index (κ2) is 3.95. The van der Waals surface area contributed by atoms with Crippen LogP contribution in [-0.2, 0) is 0 Å². The van der Waals surface area contributed by atoms with Gasteiger partial charge in [-0.05, 0) is 5.54 Å². The van der Waals surface area contributed by atoms with Crippen molar-refractivity contribution in [1.29, 1.82) is 0 Å². The van der Waals surface area contributed by atoms with Gasteiger partial charge in [0.25, 0.3) is 0 Å². The molecule has 0 aliphatic heterocycles. The molecular weight excluding hydrogens is 172 g/mol. The minimum Gasteiger partial charge on any atom is -0.167 e. The van der Waals surface area contributed by atoms with E-state index >= 15 is 0 Å². The second-order valence-electron chi connectivity index (χ2n) is 4.25. The first kappa shape index (κ1) is 9.59. The Bertz CT molecular complexity index is 109. The van der Waals surface area contributed by atoms with Gasteiger partial charge in [-0.1, -0.05) is 51.6 Å². The maximum Gasteiger partial charge on any atom is 0.153 e. The van der Waals surface area contributed by atoms with Crippen molar-refractivity contribution in [3.05, 3.63) is 0 Å². The van der Waals surface area contributed by atoms with Crippen LogP contribution in [0.15, 0.2) is 0 Å². The monoisotopic (exact) mass is 190 g/mol. The highest BCUT2D eigenvalue weighted by atomic mass is 35.6. The lowest BCUT2D eigenvalue weighted by Gasteiger charge is -2.24. The van der Waals surface area contributed by atoms with Crippen molar-refractivity contribution in [3.63, 3.8) is 0 Å². The van der Waals surface area contributed by atoms with Gasteiger partial charge in [0.2, 0.25) is 0 Å². The quantitative estimate of drug-likeness (QED) is 0.331. The van der Waals surface area contributed by atoms with Crippen LogP contribution in [0.5, 0.6) is 0 Å². The van der Waals surface area contributed by atoms with Crippen molar-refractivity contribution in [2.45, 2.75) is 57.2 Å². The lowest BCUT2D eigenvalue weighted by molar-refractivity contribution is 0.682. The molecule has 0 unspecified atom stereocenters. The Kier molecular flexibility index (Phi) is 3.44. The van der Waals surface area contributed by atoms with Crippen molar-refractivity contribution < 1.29 is 0 Å². The SMILES string of the molecule is C[Si](C)(Cl)C1CCCCCC1. The minimum atomic E-state index is -1.32. The Hall–Kier alpha value is 0.507. The van der Waals surface area contributed by atoms with Gasteiger partial charge in [-0.25, -0.2) is 0 Å². The zero-order valence-electron chi connectivity index (χ0n) is 7.70. The third-order valence-electron chi connectivity index (χ3n) is 2.83. The predicted octanol–water partition coefficient (Wildman–Crippen LogP) is 4.15. The lowest BCUT2D eigenvalue weighted by atomic mass is 10.2. The molecule has 2 heteroatoms. The van der Waals surface area contributed by atoms with E-state index in [1.165, 1.54) is 38.5 Å². The molecule has 11 heavy (non-hydrogen) atoms. The van der Waals surface area contributed by atoms with Crippen molar-refractivity contribution in [2.75, 3.05) is 0 Å². The highest BCUT2D eigenvalue weighted by molar-refractivity contribution is 7.19. The maximum atomic E-state index is 6.42. The molecule has 0 atom stereocenters. The fourth-order valence-electron chi connectivity index (χ4n) is 1.97. The summed E-state index contributed by atoms with van der Waals surface area (Å²) in [6.45, 7) is 4.59. The summed E-state index contributed by atoms with van der Waals surface area (Å²) in [5.74, 6) is 0.